The van der Waals surface area contributed by atoms with Crippen LogP contribution in [0.1, 0.15) is 16.7 Å². The molecule has 1 heterocycles. The van der Waals surface area contributed by atoms with Crippen LogP contribution < -0.4 is 19.7 Å². The predicted molar refractivity (Wildman–Crippen MR) is 156 cm³/mol. The number of nitrogens with zero attached hydrogens (tertiary/aromatic N) is 1. The first-order valence-corrected chi connectivity index (χ1v) is 12.9. The Morgan fingerprint density at radius 3 is 1.85 bits per heavy atom. The Balaban J connectivity index is 1.46. The minimum atomic E-state index is -0.586. The number of amides is 2. The number of benzene rings is 4. The highest BCUT2D eigenvalue weighted by Crippen LogP contribution is 2.28. The molecule has 5 rings (SSSR count). The third kappa shape index (κ3) is 6.52. The van der Waals surface area contributed by atoms with Gasteiger partial charge in [-0.15, -0.1) is 0 Å². The number of rotatable bonds is 8. The molecule has 0 aromatic heterocycles. The van der Waals surface area contributed by atoms with Gasteiger partial charge in [0.1, 0.15) is 30.3 Å². The molecule has 0 saturated carbocycles. The number of carbonyl (C=O) groups is 2. The maximum atomic E-state index is 13.4. The Kier molecular flexibility index (Phi) is 8.01. The minimum absolute atomic E-state index is 0.00342. The molecule has 0 bridgehead atoms. The van der Waals surface area contributed by atoms with Crippen molar-refractivity contribution in [2.75, 3.05) is 4.90 Å². The molecular formula is C31H23ClN2O4S. The lowest BCUT2D eigenvalue weighted by molar-refractivity contribution is -0.122. The number of halogens is 1. The Labute approximate surface area is 236 Å². The summed E-state index contributed by atoms with van der Waals surface area (Å²) in [6, 6.07) is 31.5. The molecule has 0 unspecified atom stereocenters. The largest absolute Gasteiger partial charge is 0.489 e. The van der Waals surface area contributed by atoms with Crippen LogP contribution in [0.5, 0.6) is 11.5 Å². The monoisotopic (exact) mass is 554 g/mol. The van der Waals surface area contributed by atoms with Crippen molar-refractivity contribution in [2.45, 2.75) is 13.2 Å². The number of anilines is 1. The summed E-state index contributed by atoms with van der Waals surface area (Å²) in [7, 11) is 0. The van der Waals surface area contributed by atoms with Gasteiger partial charge < -0.3 is 9.47 Å². The van der Waals surface area contributed by atoms with Crippen LogP contribution in [0.25, 0.3) is 6.08 Å². The third-order valence-corrected chi connectivity index (χ3v) is 6.43. The van der Waals surface area contributed by atoms with Crippen molar-refractivity contribution >= 4 is 52.5 Å². The van der Waals surface area contributed by atoms with E-state index >= 15 is 0 Å². The van der Waals surface area contributed by atoms with Gasteiger partial charge in [-0.2, -0.15) is 0 Å². The van der Waals surface area contributed by atoms with Gasteiger partial charge in [0.25, 0.3) is 11.8 Å². The Morgan fingerprint density at radius 1 is 0.769 bits per heavy atom. The standard InChI is InChI=1S/C31H23ClN2O4S/c32-24-11-13-25(14-12-24)34-30(36)28(29(35)33-31(34)39)17-23-15-26(37-19-21-7-3-1-4-8-21)18-27(16-23)38-20-22-9-5-2-6-10-22/h1-18H,19-20H2,(H,33,35,39)/b28-17-. The summed E-state index contributed by atoms with van der Waals surface area (Å²) in [6.07, 6.45) is 1.51. The molecule has 1 aliphatic rings. The van der Waals surface area contributed by atoms with Gasteiger partial charge in [-0.05, 0) is 71.4 Å². The lowest BCUT2D eigenvalue weighted by Gasteiger charge is -2.29. The molecule has 39 heavy (non-hydrogen) atoms. The third-order valence-electron chi connectivity index (χ3n) is 5.90. The molecule has 0 aliphatic carbocycles. The minimum Gasteiger partial charge on any atom is -0.489 e. The van der Waals surface area contributed by atoms with Gasteiger partial charge in [0.05, 0.1) is 5.69 Å². The van der Waals surface area contributed by atoms with Gasteiger partial charge in [-0.25, -0.2) is 0 Å². The van der Waals surface area contributed by atoms with Crippen molar-refractivity contribution < 1.29 is 19.1 Å². The molecule has 194 valence electrons. The van der Waals surface area contributed by atoms with Crippen molar-refractivity contribution in [2.24, 2.45) is 0 Å². The molecule has 1 saturated heterocycles. The molecule has 4 aromatic rings. The SMILES string of the molecule is O=C1NC(=S)N(c2ccc(Cl)cc2)C(=O)/C1=C\c1cc(OCc2ccccc2)cc(OCc2ccccc2)c1. The zero-order valence-corrected chi connectivity index (χ0v) is 22.2. The number of nitrogens with one attached hydrogen (secondary N) is 1. The topological polar surface area (TPSA) is 67.9 Å². The summed E-state index contributed by atoms with van der Waals surface area (Å²) in [5.74, 6) is -0.0685. The molecule has 1 aliphatic heterocycles. The van der Waals surface area contributed by atoms with Gasteiger partial charge in [0.2, 0.25) is 0 Å². The molecule has 1 N–H and O–H groups in total. The van der Waals surface area contributed by atoms with E-state index in [1.165, 1.54) is 11.0 Å². The normalized spacial score (nSPS) is 14.3. The van der Waals surface area contributed by atoms with Crippen molar-refractivity contribution in [3.63, 3.8) is 0 Å². The van der Waals surface area contributed by atoms with Crippen molar-refractivity contribution in [1.29, 1.82) is 0 Å². The van der Waals surface area contributed by atoms with Crippen LogP contribution in [0.15, 0.2) is 109 Å². The summed E-state index contributed by atoms with van der Waals surface area (Å²) in [4.78, 5) is 27.6. The number of ether oxygens (including phenoxy) is 2. The summed E-state index contributed by atoms with van der Waals surface area (Å²) >= 11 is 11.3. The van der Waals surface area contributed by atoms with Crippen LogP contribution in [-0.4, -0.2) is 16.9 Å². The fourth-order valence-electron chi connectivity index (χ4n) is 3.97. The van der Waals surface area contributed by atoms with Crippen molar-refractivity contribution in [1.82, 2.24) is 5.32 Å². The van der Waals surface area contributed by atoms with E-state index in [2.05, 4.69) is 5.32 Å². The molecular weight excluding hydrogens is 532 g/mol. The van der Waals surface area contributed by atoms with E-state index in [-0.39, 0.29) is 10.7 Å². The van der Waals surface area contributed by atoms with E-state index in [0.29, 0.717) is 41.0 Å². The van der Waals surface area contributed by atoms with Crippen LogP contribution in [0.2, 0.25) is 5.02 Å². The smallest absolute Gasteiger partial charge is 0.270 e. The van der Waals surface area contributed by atoms with E-state index in [4.69, 9.17) is 33.3 Å². The zero-order valence-electron chi connectivity index (χ0n) is 20.7. The first-order chi connectivity index (χ1) is 19.0. The molecule has 0 radical (unpaired) electrons. The molecule has 0 atom stereocenters. The molecule has 8 heteroatoms. The summed E-state index contributed by atoms with van der Waals surface area (Å²) in [5, 5.41) is 3.11. The van der Waals surface area contributed by atoms with E-state index in [1.807, 2.05) is 60.7 Å². The second kappa shape index (κ2) is 11.9. The highest BCUT2D eigenvalue weighted by Gasteiger charge is 2.34. The molecule has 6 nitrogen and oxygen atoms in total. The zero-order chi connectivity index (χ0) is 27.2. The fraction of sp³-hybridized carbons (Fsp3) is 0.0645. The summed E-state index contributed by atoms with van der Waals surface area (Å²) in [6.45, 7) is 0.689. The second-order valence-corrected chi connectivity index (χ2v) is 9.54. The molecule has 1 fully saturated rings. The van der Waals surface area contributed by atoms with Crippen LogP contribution >= 0.6 is 23.8 Å². The average Bonchev–Trinajstić information content (AvgIpc) is 2.95. The number of carbonyl (C=O) groups excluding carboxylic acids is 2. The van der Waals surface area contributed by atoms with E-state index in [9.17, 15) is 9.59 Å². The van der Waals surface area contributed by atoms with Crippen molar-refractivity contribution in [3.8, 4) is 11.5 Å². The van der Waals surface area contributed by atoms with Gasteiger partial charge in [0.15, 0.2) is 5.11 Å². The van der Waals surface area contributed by atoms with E-state index in [0.717, 1.165) is 11.1 Å². The Morgan fingerprint density at radius 2 is 1.31 bits per heavy atom. The first-order valence-electron chi connectivity index (χ1n) is 12.1. The molecule has 0 spiro atoms. The van der Waals surface area contributed by atoms with Crippen LogP contribution in [0.3, 0.4) is 0 Å². The average molecular weight is 555 g/mol. The molecule has 4 aromatic carbocycles. The van der Waals surface area contributed by atoms with Gasteiger partial charge >= 0.3 is 0 Å². The second-order valence-electron chi connectivity index (χ2n) is 8.72. The highest BCUT2D eigenvalue weighted by molar-refractivity contribution is 7.80. The Bertz CT molecular complexity index is 1480. The number of hydrogen-bond acceptors (Lipinski definition) is 5. The van der Waals surface area contributed by atoms with Gasteiger partial charge in [-0.1, -0.05) is 72.3 Å². The number of thiocarbonyl (C=S) groups is 1. The van der Waals surface area contributed by atoms with Crippen LogP contribution in [-0.2, 0) is 22.8 Å². The van der Waals surface area contributed by atoms with E-state index < -0.39 is 11.8 Å². The van der Waals surface area contributed by atoms with E-state index in [1.54, 1.807) is 42.5 Å². The predicted octanol–water partition coefficient (Wildman–Crippen LogP) is 6.33. The first kappa shape index (κ1) is 26.2. The summed E-state index contributed by atoms with van der Waals surface area (Å²) < 4.78 is 12.1. The maximum Gasteiger partial charge on any atom is 0.270 e. The van der Waals surface area contributed by atoms with Gasteiger partial charge in [-0.3, -0.25) is 19.8 Å². The quantitative estimate of drug-likeness (QED) is 0.157. The lowest BCUT2D eigenvalue weighted by Crippen LogP contribution is -2.54. The maximum absolute atomic E-state index is 13.4. The van der Waals surface area contributed by atoms with Crippen LogP contribution in [0, 0.1) is 0 Å². The molecule has 2 amide bonds. The highest BCUT2D eigenvalue weighted by atomic mass is 35.5. The van der Waals surface area contributed by atoms with Crippen LogP contribution in [0.4, 0.5) is 5.69 Å². The summed E-state index contributed by atoms with van der Waals surface area (Å²) in [5.41, 5.74) is 2.98. The Hall–Kier alpha value is -4.46. The van der Waals surface area contributed by atoms with Crippen molar-refractivity contribution in [3.05, 3.63) is 130 Å². The van der Waals surface area contributed by atoms with Gasteiger partial charge in [0, 0.05) is 11.1 Å². The lowest BCUT2D eigenvalue weighted by atomic mass is 10.1. The number of hydrogen-bond donors (Lipinski definition) is 1. The fourth-order valence-corrected chi connectivity index (χ4v) is 4.38.